The van der Waals surface area contributed by atoms with Crippen LogP contribution in [0.2, 0.25) is 0 Å². The molecule has 0 spiro atoms. The zero-order valence-electron chi connectivity index (χ0n) is 16.8. The standard InChI is InChI=1S/C27H20N2O2/c30-26(20-7-3-1-4-8-20)18-19-11-16-24-25(17-19)29-27(28-24)21-12-14-23(15-13-21)31-22-9-5-2-6-10-22/h1-17H,18H2,(H,28,29). The molecule has 0 radical (unpaired) electrons. The molecule has 0 fully saturated rings. The van der Waals surface area contributed by atoms with Crippen LogP contribution in [0.4, 0.5) is 0 Å². The van der Waals surface area contributed by atoms with Crippen molar-refractivity contribution in [2.75, 3.05) is 0 Å². The van der Waals surface area contributed by atoms with E-state index >= 15 is 0 Å². The number of hydrogen-bond donors (Lipinski definition) is 1. The first-order valence-electron chi connectivity index (χ1n) is 10.1. The Bertz CT molecular complexity index is 1320. The van der Waals surface area contributed by atoms with E-state index in [1.54, 1.807) is 0 Å². The molecule has 1 aromatic heterocycles. The second kappa shape index (κ2) is 8.28. The van der Waals surface area contributed by atoms with Gasteiger partial charge in [-0.1, -0.05) is 54.6 Å². The Hall–Kier alpha value is -4.18. The maximum absolute atomic E-state index is 12.5. The average molecular weight is 404 g/mol. The minimum Gasteiger partial charge on any atom is -0.457 e. The van der Waals surface area contributed by atoms with Crippen LogP contribution in [0.1, 0.15) is 15.9 Å². The normalized spacial score (nSPS) is 10.8. The number of nitrogens with one attached hydrogen (secondary N) is 1. The van der Waals surface area contributed by atoms with Crippen LogP contribution in [-0.2, 0) is 6.42 Å². The first-order chi connectivity index (χ1) is 15.2. The maximum Gasteiger partial charge on any atom is 0.167 e. The summed E-state index contributed by atoms with van der Waals surface area (Å²) in [5, 5.41) is 0. The Morgan fingerprint density at radius 1 is 0.774 bits per heavy atom. The number of carbonyl (C=O) groups is 1. The van der Waals surface area contributed by atoms with Gasteiger partial charge in [0.25, 0.3) is 0 Å². The van der Waals surface area contributed by atoms with Gasteiger partial charge in [-0.15, -0.1) is 0 Å². The van der Waals surface area contributed by atoms with Crippen molar-refractivity contribution in [2.45, 2.75) is 6.42 Å². The average Bonchev–Trinajstić information content (AvgIpc) is 3.24. The number of Topliss-reactive ketones (excluding diaryl/α,β-unsaturated/α-hetero) is 1. The fraction of sp³-hybridized carbons (Fsp3) is 0.0370. The van der Waals surface area contributed by atoms with Crippen LogP contribution in [0.25, 0.3) is 22.4 Å². The summed E-state index contributed by atoms with van der Waals surface area (Å²) in [7, 11) is 0. The number of hydrogen-bond acceptors (Lipinski definition) is 3. The van der Waals surface area contributed by atoms with Gasteiger partial charge < -0.3 is 9.72 Å². The largest absolute Gasteiger partial charge is 0.457 e. The Labute approximate surface area is 180 Å². The van der Waals surface area contributed by atoms with Gasteiger partial charge in [-0.3, -0.25) is 4.79 Å². The Morgan fingerprint density at radius 3 is 2.19 bits per heavy atom. The van der Waals surface area contributed by atoms with Crippen molar-refractivity contribution in [3.05, 3.63) is 114 Å². The van der Waals surface area contributed by atoms with E-state index in [4.69, 9.17) is 9.72 Å². The molecule has 31 heavy (non-hydrogen) atoms. The minimum absolute atomic E-state index is 0.105. The van der Waals surface area contributed by atoms with Gasteiger partial charge >= 0.3 is 0 Å². The van der Waals surface area contributed by atoms with Crippen molar-refractivity contribution < 1.29 is 9.53 Å². The van der Waals surface area contributed by atoms with Crippen LogP contribution in [0.3, 0.4) is 0 Å². The summed E-state index contributed by atoms with van der Waals surface area (Å²) >= 11 is 0. The highest BCUT2D eigenvalue weighted by molar-refractivity contribution is 5.97. The molecule has 0 unspecified atom stereocenters. The highest BCUT2D eigenvalue weighted by Crippen LogP contribution is 2.26. The fourth-order valence-electron chi connectivity index (χ4n) is 3.52. The number of H-pyrrole nitrogens is 1. The predicted molar refractivity (Wildman–Crippen MR) is 123 cm³/mol. The van der Waals surface area contributed by atoms with Crippen LogP contribution >= 0.6 is 0 Å². The van der Waals surface area contributed by atoms with Crippen LogP contribution in [0.5, 0.6) is 11.5 Å². The molecular formula is C27H20N2O2. The molecule has 0 atom stereocenters. The smallest absolute Gasteiger partial charge is 0.167 e. The van der Waals surface area contributed by atoms with E-state index in [-0.39, 0.29) is 5.78 Å². The molecule has 0 aliphatic carbocycles. The summed E-state index contributed by atoms with van der Waals surface area (Å²) in [5.41, 5.74) is 4.45. The number of aromatic nitrogens is 2. The third-order valence-corrected chi connectivity index (χ3v) is 5.11. The molecule has 0 amide bonds. The van der Waals surface area contributed by atoms with E-state index in [0.717, 1.165) is 45.0 Å². The SMILES string of the molecule is O=C(Cc1ccc2nc(-c3ccc(Oc4ccccc4)cc3)[nH]c2c1)c1ccccc1. The highest BCUT2D eigenvalue weighted by Gasteiger charge is 2.10. The van der Waals surface area contributed by atoms with Gasteiger partial charge in [-0.2, -0.15) is 0 Å². The number of para-hydroxylation sites is 1. The molecule has 0 aliphatic heterocycles. The summed E-state index contributed by atoms with van der Waals surface area (Å²) < 4.78 is 5.85. The number of ether oxygens (including phenoxy) is 1. The van der Waals surface area contributed by atoms with E-state index in [1.165, 1.54) is 0 Å². The number of fused-ring (bicyclic) bond motifs is 1. The number of carbonyl (C=O) groups excluding carboxylic acids is 1. The third kappa shape index (κ3) is 4.23. The second-order valence-corrected chi connectivity index (χ2v) is 7.34. The van der Waals surface area contributed by atoms with Crippen molar-refractivity contribution in [3.8, 4) is 22.9 Å². The molecule has 4 aromatic carbocycles. The molecule has 0 aliphatic rings. The van der Waals surface area contributed by atoms with E-state index in [0.29, 0.717) is 6.42 Å². The van der Waals surface area contributed by atoms with Crippen molar-refractivity contribution in [3.63, 3.8) is 0 Å². The molecule has 4 nitrogen and oxygen atoms in total. The number of aromatic amines is 1. The van der Waals surface area contributed by atoms with Crippen LogP contribution in [-0.4, -0.2) is 15.8 Å². The number of ketones is 1. The van der Waals surface area contributed by atoms with E-state index in [2.05, 4.69) is 4.98 Å². The zero-order valence-corrected chi connectivity index (χ0v) is 16.8. The lowest BCUT2D eigenvalue weighted by Gasteiger charge is -2.05. The summed E-state index contributed by atoms with van der Waals surface area (Å²) in [5.74, 6) is 2.46. The number of imidazole rings is 1. The quantitative estimate of drug-likeness (QED) is 0.331. The van der Waals surface area contributed by atoms with Crippen LogP contribution in [0, 0.1) is 0 Å². The van der Waals surface area contributed by atoms with Crippen LogP contribution in [0.15, 0.2) is 103 Å². The molecule has 1 heterocycles. The molecule has 0 bridgehead atoms. The maximum atomic E-state index is 12.5. The lowest BCUT2D eigenvalue weighted by molar-refractivity contribution is 0.0993. The minimum atomic E-state index is 0.105. The molecule has 0 saturated heterocycles. The summed E-state index contributed by atoms with van der Waals surface area (Å²) in [4.78, 5) is 20.6. The van der Waals surface area contributed by atoms with Crippen molar-refractivity contribution >= 4 is 16.8 Å². The first-order valence-corrected chi connectivity index (χ1v) is 10.1. The highest BCUT2D eigenvalue weighted by atomic mass is 16.5. The monoisotopic (exact) mass is 404 g/mol. The number of benzene rings is 4. The molecule has 5 aromatic rings. The Kier molecular flexibility index (Phi) is 5.03. The fourth-order valence-corrected chi connectivity index (χ4v) is 3.52. The lowest BCUT2D eigenvalue weighted by Crippen LogP contribution is -2.02. The van der Waals surface area contributed by atoms with Gasteiger partial charge in [0, 0.05) is 17.5 Å². The van der Waals surface area contributed by atoms with Crippen molar-refractivity contribution in [1.82, 2.24) is 9.97 Å². The molecule has 0 saturated carbocycles. The summed E-state index contributed by atoms with van der Waals surface area (Å²) in [6.07, 6.45) is 0.361. The second-order valence-electron chi connectivity index (χ2n) is 7.34. The molecule has 5 rings (SSSR count). The Morgan fingerprint density at radius 2 is 1.45 bits per heavy atom. The van der Waals surface area contributed by atoms with Gasteiger partial charge in [0.15, 0.2) is 5.78 Å². The molecule has 1 N–H and O–H groups in total. The van der Waals surface area contributed by atoms with Gasteiger partial charge in [0.2, 0.25) is 0 Å². The Balaban J connectivity index is 1.34. The molecular weight excluding hydrogens is 384 g/mol. The van der Waals surface area contributed by atoms with Crippen LogP contribution < -0.4 is 4.74 Å². The van der Waals surface area contributed by atoms with Gasteiger partial charge in [-0.05, 0) is 54.1 Å². The van der Waals surface area contributed by atoms with E-state index < -0.39 is 0 Å². The van der Waals surface area contributed by atoms with E-state index in [9.17, 15) is 4.79 Å². The van der Waals surface area contributed by atoms with Gasteiger partial charge in [0.05, 0.1) is 11.0 Å². The summed E-state index contributed by atoms with van der Waals surface area (Å²) in [6.45, 7) is 0. The van der Waals surface area contributed by atoms with Gasteiger partial charge in [0.1, 0.15) is 17.3 Å². The van der Waals surface area contributed by atoms with Crippen molar-refractivity contribution in [2.24, 2.45) is 0 Å². The zero-order chi connectivity index (χ0) is 21.0. The molecule has 150 valence electrons. The lowest BCUT2D eigenvalue weighted by atomic mass is 10.0. The predicted octanol–water partition coefficient (Wildman–Crippen LogP) is 6.45. The van der Waals surface area contributed by atoms with Crippen molar-refractivity contribution in [1.29, 1.82) is 0 Å². The first kappa shape index (κ1) is 18.8. The number of rotatable bonds is 6. The topological polar surface area (TPSA) is 55.0 Å². The molecule has 4 heteroatoms. The number of nitrogens with zero attached hydrogens (tertiary/aromatic N) is 1. The summed E-state index contributed by atoms with van der Waals surface area (Å²) in [6, 6.07) is 32.8. The van der Waals surface area contributed by atoms with Gasteiger partial charge in [-0.25, -0.2) is 4.98 Å². The van der Waals surface area contributed by atoms with E-state index in [1.807, 2.05) is 103 Å². The third-order valence-electron chi connectivity index (χ3n) is 5.11.